The van der Waals surface area contributed by atoms with Gasteiger partial charge in [0.2, 0.25) is 29.5 Å². The highest BCUT2D eigenvalue weighted by molar-refractivity contribution is 8.00. The first-order chi connectivity index (χ1) is 28.9. The molecule has 61 heavy (non-hydrogen) atoms. The third kappa shape index (κ3) is 12.7. The number of aromatic nitrogens is 3. The van der Waals surface area contributed by atoms with Crippen molar-refractivity contribution in [3.05, 3.63) is 65.1 Å². The number of aliphatic hydroxyl groups is 1. The van der Waals surface area contributed by atoms with Crippen molar-refractivity contribution in [2.45, 2.75) is 127 Å². The van der Waals surface area contributed by atoms with Crippen LogP contribution in [0.25, 0.3) is 10.4 Å². The number of benzene rings is 1. The zero-order valence-corrected chi connectivity index (χ0v) is 38.7. The summed E-state index contributed by atoms with van der Waals surface area (Å²) in [5.41, 5.74) is 4.04. The standard InChI is InChI=1S/C44H60N8O6S3/c1-27-37(60-26-48-27)29-13-11-28(12-14-29)21-46-40(56)32-20-31(53)24-52(32)41(57)38(44(5,6)7)49-34(54)10-8-9-17-51-18-15-30(16-19-51)39(55)50-42-47-23-36(61-42)59-25-35-45-22-33(58-35)43(2,3)4/h11-14,22-23,26,30-32,38,53H,8-10,15-21,24-25H2,1-7H3,(H,46,56)(H,49,54)(H,47,50,55)/t31-,32-,38?/m1/s1. The Morgan fingerprint density at radius 2 is 1.72 bits per heavy atom. The van der Waals surface area contributed by atoms with Gasteiger partial charge in [-0.25, -0.2) is 15.0 Å². The van der Waals surface area contributed by atoms with Crippen molar-refractivity contribution in [3.63, 3.8) is 0 Å². The molecule has 2 aliphatic rings. The number of amides is 4. The van der Waals surface area contributed by atoms with E-state index >= 15 is 0 Å². The van der Waals surface area contributed by atoms with Gasteiger partial charge in [-0.15, -0.1) is 23.1 Å². The van der Waals surface area contributed by atoms with Gasteiger partial charge in [0.25, 0.3) is 0 Å². The number of rotatable bonds is 16. The number of oxazole rings is 1. The molecule has 0 radical (unpaired) electrons. The minimum absolute atomic E-state index is 0.00719. The molecule has 6 rings (SSSR count). The van der Waals surface area contributed by atoms with Crippen molar-refractivity contribution in [1.82, 2.24) is 35.4 Å². The number of aryl methyl sites for hydroxylation is 1. The molecule has 330 valence electrons. The van der Waals surface area contributed by atoms with Crippen LogP contribution in [0.4, 0.5) is 5.13 Å². The Morgan fingerprint density at radius 1 is 0.984 bits per heavy atom. The average Bonchev–Trinajstić information content (AvgIpc) is 4.04. The SMILES string of the molecule is Cc1ncsc1-c1ccc(CNC(=O)[C@H]2C[C@@H](O)CN2C(=O)C(NC(=O)CCCCN2CCC(C(=O)Nc3ncc(SCc4ncc(C(C)(C)C)o4)s3)CC2)C(C)(C)C)cc1. The number of nitrogens with one attached hydrogen (secondary N) is 3. The Labute approximate surface area is 371 Å². The lowest BCUT2D eigenvalue weighted by Crippen LogP contribution is -2.57. The Hall–Kier alpha value is -4.16. The van der Waals surface area contributed by atoms with Gasteiger partial charge < -0.3 is 35.3 Å². The maximum Gasteiger partial charge on any atom is 0.246 e. The van der Waals surface area contributed by atoms with E-state index in [0.717, 1.165) is 70.6 Å². The Kier molecular flexibility index (Phi) is 15.5. The second-order valence-electron chi connectivity index (χ2n) is 18.1. The van der Waals surface area contributed by atoms with Gasteiger partial charge in [-0.05, 0) is 68.8 Å². The van der Waals surface area contributed by atoms with Crippen LogP contribution in [0.3, 0.4) is 0 Å². The fourth-order valence-electron chi connectivity index (χ4n) is 7.50. The van der Waals surface area contributed by atoms with Crippen molar-refractivity contribution < 1.29 is 28.7 Å². The topological polar surface area (TPSA) is 183 Å². The van der Waals surface area contributed by atoms with E-state index in [9.17, 15) is 24.3 Å². The van der Waals surface area contributed by atoms with Gasteiger partial charge in [0, 0.05) is 37.3 Å². The van der Waals surface area contributed by atoms with E-state index in [4.69, 9.17) is 4.42 Å². The molecule has 0 spiro atoms. The second-order valence-corrected chi connectivity index (χ2v) is 21.3. The number of hydrogen-bond donors (Lipinski definition) is 4. The van der Waals surface area contributed by atoms with Crippen molar-refractivity contribution in [3.8, 4) is 10.4 Å². The maximum absolute atomic E-state index is 14.0. The summed E-state index contributed by atoms with van der Waals surface area (Å²) in [5, 5.41) is 20.1. The lowest BCUT2D eigenvalue weighted by molar-refractivity contribution is -0.144. The number of hydrogen-bond acceptors (Lipinski definition) is 13. The summed E-state index contributed by atoms with van der Waals surface area (Å²) in [5.74, 6) is 1.08. The van der Waals surface area contributed by atoms with E-state index in [1.807, 2.05) is 57.5 Å². The Bertz CT molecular complexity index is 2110. The normalized spacial score (nSPS) is 18.3. The van der Waals surface area contributed by atoms with Gasteiger partial charge in [-0.1, -0.05) is 77.1 Å². The molecule has 1 aromatic carbocycles. The highest BCUT2D eigenvalue weighted by Gasteiger charge is 2.44. The van der Waals surface area contributed by atoms with Gasteiger partial charge in [0.05, 0.1) is 44.5 Å². The van der Waals surface area contributed by atoms with E-state index in [1.54, 1.807) is 35.5 Å². The number of β-amino-alcohol motifs (C(OH)–C–C–N with tert-alkyl or cyclic N) is 1. The summed E-state index contributed by atoms with van der Waals surface area (Å²) in [6, 6.07) is 6.21. The summed E-state index contributed by atoms with van der Waals surface area (Å²) < 4.78 is 6.86. The van der Waals surface area contributed by atoms with Gasteiger partial charge in [-0.3, -0.25) is 19.2 Å². The van der Waals surface area contributed by atoms with Gasteiger partial charge in [0.15, 0.2) is 5.13 Å². The van der Waals surface area contributed by atoms with Gasteiger partial charge >= 0.3 is 0 Å². The number of thioether (sulfide) groups is 1. The first-order valence-electron chi connectivity index (χ1n) is 21.1. The number of carbonyl (C=O) groups excluding carboxylic acids is 4. The summed E-state index contributed by atoms with van der Waals surface area (Å²) in [4.78, 5) is 71.8. The highest BCUT2D eigenvalue weighted by Crippen LogP contribution is 2.33. The first kappa shape index (κ1) is 46.3. The molecule has 14 nitrogen and oxygen atoms in total. The predicted molar refractivity (Wildman–Crippen MR) is 240 cm³/mol. The van der Waals surface area contributed by atoms with Gasteiger partial charge in [0.1, 0.15) is 17.8 Å². The number of nitrogens with zero attached hydrogens (tertiary/aromatic N) is 5. The molecule has 4 aromatic rings. The summed E-state index contributed by atoms with van der Waals surface area (Å²) in [6.07, 6.45) is 6.05. The monoisotopic (exact) mass is 892 g/mol. The van der Waals surface area contributed by atoms with Crippen LogP contribution in [0, 0.1) is 18.3 Å². The summed E-state index contributed by atoms with van der Waals surface area (Å²) >= 11 is 4.61. The fraction of sp³-hybridized carbons (Fsp3) is 0.568. The van der Waals surface area contributed by atoms with Crippen LogP contribution in [-0.2, 0) is 36.9 Å². The van der Waals surface area contributed by atoms with Crippen LogP contribution in [0.1, 0.15) is 103 Å². The largest absolute Gasteiger partial charge is 0.444 e. The van der Waals surface area contributed by atoms with Gasteiger partial charge in [-0.2, -0.15) is 0 Å². The predicted octanol–water partition coefficient (Wildman–Crippen LogP) is 6.78. The summed E-state index contributed by atoms with van der Waals surface area (Å²) in [6.45, 7) is 16.6. The minimum Gasteiger partial charge on any atom is -0.444 e. The number of aliphatic hydroxyl groups excluding tert-OH is 1. The third-order valence-corrected chi connectivity index (χ3v) is 14.2. The molecular formula is C44H60N8O6S3. The van der Waals surface area contributed by atoms with E-state index in [-0.39, 0.29) is 60.9 Å². The molecule has 5 heterocycles. The Balaban J connectivity index is 0.894. The van der Waals surface area contributed by atoms with Crippen molar-refractivity contribution in [1.29, 1.82) is 0 Å². The first-order valence-corrected chi connectivity index (χ1v) is 23.7. The van der Waals surface area contributed by atoms with E-state index < -0.39 is 23.6 Å². The molecule has 0 bridgehead atoms. The molecule has 3 aromatic heterocycles. The molecule has 17 heteroatoms. The van der Waals surface area contributed by atoms with E-state index in [1.165, 1.54) is 16.2 Å². The molecule has 0 aliphatic carbocycles. The minimum atomic E-state index is -0.871. The lowest BCUT2D eigenvalue weighted by atomic mass is 9.85. The third-order valence-electron chi connectivity index (χ3n) is 11.1. The number of piperidine rings is 1. The smallest absolute Gasteiger partial charge is 0.246 e. The van der Waals surface area contributed by atoms with Crippen LogP contribution in [-0.4, -0.2) is 97.9 Å². The van der Waals surface area contributed by atoms with Crippen molar-refractivity contribution in [2.24, 2.45) is 11.3 Å². The van der Waals surface area contributed by atoms with Crippen LogP contribution in [0.2, 0.25) is 0 Å². The molecule has 2 saturated heterocycles. The molecule has 2 fully saturated rings. The van der Waals surface area contributed by atoms with Crippen LogP contribution >= 0.6 is 34.4 Å². The van der Waals surface area contributed by atoms with E-state index in [0.29, 0.717) is 23.2 Å². The molecule has 4 N–H and O–H groups in total. The number of likely N-dealkylation sites (tertiary alicyclic amines) is 2. The molecule has 3 atom stereocenters. The van der Waals surface area contributed by atoms with Crippen LogP contribution < -0.4 is 16.0 Å². The van der Waals surface area contributed by atoms with Crippen LogP contribution in [0.5, 0.6) is 0 Å². The number of thiazole rings is 2. The molecule has 0 saturated carbocycles. The lowest BCUT2D eigenvalue weighted by Gasteiger charge is -2.35. The van der Waals surface area contributed by atoms with Crippen molar-refractivity contribution >= 4 is 63.2 Å². The number of unbranched alkanes of at least 4 members (excludes halogenated alkanes) is 1. The Morgan fingerprint density at radius 3 is 2.38 bits per heavy atom. The highest BCUT2D eigenvalue weighted by atomic mass is 32.2. The van der Waals surface area contributed by atoms with Crippen molar-refractivity contribution in [2.75, 3.05) is 31.5 Å². The second kappa shape index (κ2) is 20.4. The average molecular weight is 893 g/mol. The van der Waals surface area contributed by atoms with E-state index in [2.05, 4.69) is 56.6 Å². The van der Waals surface area contributed by atoms with Crippen LogP contribution in [0.15, 0.2) is 50.8 Å². The quantitative estimate of drug-likeness (QED) is 0.0687. The molecule has 2 aliphatic heterocycles. The zero-order valence-electron chi connectivity index (χ0n) is 36.3. The summed E-state index contributed by atoms with van der Waals surface area (Å²) in [7, 11) is 0. The molecule has 1 unspecified atom stereocenters. The zero-order chi connectivity index (χ0) is 43.9. The fourth-order valence-corrected chi connectivity index (χ4v) is 10.0. The number of carbonyl (C=O) groups is 4. The molecular weight excluding hydrogens is 833 g/mol. The molecule has 4 amide bonds. The number of anilines is 1. The maximum atomic E-state index is 14.0.